The summed E-state index contributed by atoms with van der Waals surface area (Å²) in [5, 5.41) is 0. The third-order valence-corrected chi connectivity index (χ3v) is 5.01. The van der Waals surface area contributed by atoms with Crippen molar-refractivity contribution in [3.8, 4) is 0 Å². The van der Waals surface area contributed by atoms with E-state index < -0.39 is 0 Å². The maximum atomic E-state index is 14.0. The monoisotopic (exact) mass is 395 g/mol. The number of carbonyl (C=O) groups is 1. The zero-order valence-corrected chi connectivity index (χ0v) is 15.0. The van der Waals surface area contributed by atoms with Crippen LogP contribution in [-0.4, -0.2) is 17.4 Å². The molecule has 1 heterocycles. The molecule has 120 valence electrons. The molecule has 0 atom stereocenters. The van der Waals surface area contributed by atoms with Crippen molar-refractivity contribution in [1.82, 2.24) is 4.90 Å². The summed E-state index contributed by atoms with van der Waals surface area (Å²) < 4.78 is 15.0. The molecule has 1 aliphatic heterocycles. The van der Waals surface area contributed by atoms with Gasteiger partial charge >= 0.3 is 0 Å². The Morgan fingerprint density at radius 1 is 1.39 bits per heavy atom. The molecule has 0 unspecified atom stereocenters. The van der Waals surface area contributed by atoms with E-state index in [1.54, 1.807) is 17.0 Å². The number of benzene rings is 1. The topological polar surface area (TPSA) is 20.3 Å². The van der Waals surface area contributed by atoms with Crippen molar-refractivity contribution in [2.24, 2.45) is 0 Å². The van der Waals surface area contributed by atoms with Crippen molar-refractivity contribution >= 4 is 33.4 Å². The van der Waals surface area contributed by atoms with Gasteiger partial charge in [0.05, 0.1) is 0 Å². The van der Waals surface area contributed by atoms with Gasteiger partial charge in [-0.05, 0) is 42.7 Å². The van der Waals surface area contributed by atoms with E-state index in [0.717, 1.165) is 33.2 Å². The van der Waals surface area contributed by atoms with Crippen molar-refractivity contribution in [3.63, 3.8) is 0 Å². The lowest BCUT2D eigenvalue weighted by molar-refractivity contribution is -0.125. The summed E-state index contributed by atoms with van der Waals surface area (Å²) in [4.78, 5) is 14.4. The van der Waals surface area contributed by atoms with Gasteiger partial charge in [0.2, 0.25) is 0 Å². The number of fused-ring (bicyclic) bond motifs is 1. The fourth-order valence-electron chi connectivity index (χ4n) is 2.97. The highest BCUT2D eigenvalue weighted by Crippen LogP contribution is 2.33. The Morgan fingerprint density at radius 2 is 2.17 bits per heavy atom. The highest BCUT2D eigenvalue weighted by molar-refractivity contribution is 9.11. The average Bonchev–Trinajstić information content (AvgIpc) is 2.74. The predicted octanol–water partition coefficient (Wildman–Crippen LogP) is 4.83. The largest absolute Gasteiger partial charge is 0.330 e. The number of hydrogen-bond acceptors (Lipinski definition) is 1. The van der Waals surface area contributed by atoms with Crippen molar-refractivity contribution in [2.75, 3.05) is 6.54 Å². The molecule has 0 aromatic heterocycles. The first-order chi connectivity index (χ1) is 11.0. The Bertz CT molecular complexity index is 766. The highest BCUT2D eigenvalue weighted by atomic mass is 79.9. The quantitative estimate of drug-likeness (QED) is 0.670. The van der Waals surface area contributed by atoms with Crippen LogP contribution in [0.1, 0.15) is 24.5 Å². The first kappa shape index (κ1) is 16.5. The number of rotatable bonds is 3. The van der Waals surface area contributed by atoms with Crippen LogP contribution in [0.3, 0.4) is 0 Å². The van der Waals surface area contributed by atoms with Gasteiger partial charge in [0.15, 0.2) is 0 Å². The van der Waals surface area contributed by atoms with E-state index in [4.69, 9.17) is 11.6 Å². The minimum absolute atomic E-state index is 0.0278. The van der Waals surface area contributed by atoms with Crippen molar-refractivity contribution < 1.29 is 9.18 Å². The van der Waals surface area contributed by atoms with Crippen molar-refractivity contribution in [3.05, 3.63) is 68.5 Å². The number of amides is 1. The fourth-order valence-corrected chi connectivity index (χ4v) is 3.57. The molecule has 2 aliphatic rings. The molecule has 23 heavy (non-hydrogen) atoms. The number of nitrogens with zero attached hydrogens (tertiary/aromatic N) is 1. The lowest BCUT2D eigenvalue weighted by Crippen LogP contribution is -2.25. The Morgan fingerprint density at radius 3 is 2.91 bits per heavy atom. The number of hydrogen-bond donors (Lipinski definition) is 0. The summed E-state index contributed by atoms with van der Waals surface area (Å²) in [6, 6.07) is 4.81. The first-order valence-corrected chi connectivity index (χ1v) is 8.71. The molecular formula is C18H16BrClFNO. The van der Waals surface area contributed by atoms with Gasteiger partial charge in [0, 0.05) is 34.6 Å². The summed E-state index contributed by atoms with van der Waals surface area (Å²) in [7, 11) is 0. The summed E-state index contributed by atoms with van der Waals surface area (Å²) in [6.45, 7) is 2.73. The number of likely N-dealkylation sites (tertiary alicyclic amines) is 1. The smallest absolute Gasteiger partial charge is 0.254 e. The Balaban J connectivity index is 1.91. The summed E-state index contributed by atoms with van der Waals surface area (Å²) in [5.74, 6) is -0.00600. The molecule has 1 fully saturated rings. The predicted molar refractivity (Wildman–Crippen MR) is 93.8 cm³/mol. The molecule has 1 saturated heterocycles. The molecule has 1 aromatic rings. The van der Waals surface area contributed by atoms with E-state index in [0.29, 0.717) is 18.0 Å². The van der Waals surface area contributed by atoms with Crippen LogP contribution in [0.4, 0.5) is 4.39 Å². The Hall–Kier alpha value is -1.39. The van der Waals surface area contributed by atoms with Gasteiger partial charge in [-0.25, -0.2) is 4.39 Å². The molecule has 0 bridgehead atoms. The Kier molecular flexibility index (Phi) is 4.74. The van der Waals surface area contributed by atoms with Crippen LogP contribution in [0.25, 0.3) is 0 Å². The number of carbonyl (C=O) groups excluding carboxylic acids is 1. The van der Waals surface area contributed by atoms with E-state index in [9.17, 15) is 9.18 Å². The molecule has 0 saturated carbocycles. The van der Waals surface area contributed by atoms with Gasteiger partial charge < -0.3 is 4.90 Å². The third-order valence-electron chi connectivity index (χ3n) is 4.15. The van der Waals surface area contributed by atoms with Gasteiger partial charge in [-0.15, -0.1) is 11.6 Å². The van der Waals surface area contributed by atoms with Crippen LogP contribution in [0.15, 0.2) is 51.6 Å². The van der Waals surface area contributed by atoms with E-state index in [-0.39, 0.29) is 18.3 Å². The van der Waals surface area contributed by atoms with E-state index in [1.807, 2.05) is 13.0 Å². The number of halogens is 3. The van der Waals surface area contributed by atoms with Crippen LogP contribution in [-0.2, 0) is 17.2 Å². The number of allylic oxidation sites excluding steroid dienone is 4. The van der Waals surface area contributed by atoms with Gasteiger partial charge in [0.25, 0.3) is 5.91 Å². The fraction of sp³-hybridized carbons (Fsp3) is 0.278. The zero-order chi connectivity index (χ0) is 16.6. The molecule has 5 heteroatoms. The normalized spacial score (nSPS) is 17.9. The first-order valence-electron chi connectivity index (χ1n) is 7.38. The minimum atomic E-state index is -0.306. The summed E-state index contributed by atoms with van der Waals surface area (Å²) >= 11 is 9.31. The van der Waals surface area contributed by atoms with Crippen LogP contribution >= 0.6 is 27.5 Å². The molecule has 2 nitrogen and oxygen atoms in total. The molecule has 0 spiro atoms. The van der Waals surface area contributed by atoms with Gasteiger partial charge in [-0.1, -0.05) is 33.6 Å². The Labute approximate surface area is 148 Å². The van der Waals surface area contributed by atoms with Crippen LogP contribution in [0, 0.1) is 5.82 Å². The second kappa shape index (κ2) is 6.62. The molecule has 3 rings (SSSR count). The van der Waals surface area contributed by atoms with Gasteiger partial charge in [-0.2, -0.15) is 0 Å². The van der Waals surface area contributed by atoms with Crippen LogP contribution in [0.5, 0.6) is 0 Å². The van der Waals surface area contributed by atoms with E-state index in [2.05, 4.69) is 22.0 Å². The summed E-state index contributed by atoms with van der Waals surface area (Å²) in [5.41, 5.74) is 4.16. The maximum Gasteiger partial charge on any atom is 0.254 e. The van der Waals surface area contributed by atoms with Gasteiger partial charge in [-0.3, -0.25) is 4.79 Å². The van der Waals surface area contributed by atoms with Gasteiger partial charge in [0.1, 0.15) is 5.82 Å². The van der Waals surface area contributed by atoms with Crippen molar-refractivity contribution in [2.45, 2.75) is 25.8 Å². The van der Waals surface area contributed by atoms with Crippen LogP contribution < -0.4 is 0 Å². The molecule has 1 aromatic carbocycles. The second-order valence-electron chi connectivity index (χ2n) is 5.84. The maximum absolute atomic E-state index is 14.0. The lowest BCUT2D eigenvalue weighted by Gasteiger charge is -2.16. The number of alkyl halides is 1. The molecule has 1 amide bonds. The molecule has 0 radical (unpaired) electrons. The summed E-state index contributed by atoms with van der Waals surface area (Å²) in [6.07, 6.45) is 4.77. The molecular weight excluding hydrogens is 381 g/mol. The lowest BCUT2D eigenvalue weighted by atomic mass is 10.0. The molecule has 0 N–H and O–H groups in total. The van der Waals surface area contributed by atoms with E-state index in [1.165, 1.54) is 6.07 Å². The van der Waals surface area contributed by atoms with Crippen molar-refractivity contribution in [1.29, 1.82) is 0 Å². The van der Waals surface area contributed by atoms with E-state index >= 15 is 0 Å². The highest BCUT2D eigenvalue weighted by Gasteiger charge is 2.33. The standard InChI is InChI=1S/C18H16BrClFNO/c1-11-2-4-15(19)7-14-10-22(18(23)17(11)14)9-13-6-12(8-20)3-5-16(13)21/h3-7H,2,8-10H2,1H3. The SMILES string of the molecule is CC1=C2C(=O)N(Cc3cc(CCl)ccc3F)CC2=CC(Br)=CC1. The average molecular weight is 397 g/mol. The third kappa shape index (κ3) is 3.29. The zero-order valence-electron chi connectivity index (χ0n) is 12.7. The minimum Gasteiger partial charge on any atom is -0.330 e. The second-order valence-corrected chi connectivity index (χ2v) is 7.02. The molecule has 1 aliphatic carbocycles. The van der Waals surface area contributed by atoms with Crippen LogP contribution in [0.2, 0.25) is 0 Å².